The number of fused-ring (bicyclic) bond motifs is 1. The van der Waals surface area contributed by atoms with Crippen LogP contribution in [0, 0.1) is 5.92 Å². The molecule has 10 heteroatoms. The van der Waals surface area contributed by atoms with Crippen LogP contribution in [-0.2, 0) is 10.0 Å². The Kier molecular flexibility index (Phi) is 6.03. The van der Waals surface area contributed by atoms with Crippen LogP contribution in [-0.4, -0.2) is 60.9 Å². The Morgan fingerprint density at radius 1 is 1.09 bits per heavy atom. The van der Waals surface area contributed by atoms with E-state index >= 15 is 0 Å². The predicted octanol–water partition coefficient (Wildman–Crippen LogP) is 2.78. The monoisotopic (exact) mass is 478 g/mol. The van der Waals surface area contributed by atoms with Crippen LogP contribution in [0.1, 0.15) is 18.4 Å². The third kappa shape index (κ3) is 4.27. The van der Waals surface area contributed by atoms with Crippen molar-refractivity contribution in [2.45, 2.75) is 25.0 Å². The van der Waals surface area contributed by atoms with Gasteiger partial charge in [-0.25, -0.2) is 18.4 Å². The molecule has 3 aliphatic heterocycles. The molecular formula is C24H26N6O3S. The lowest BCUT2D eigenvalue weighted by atomic mass is 9.93. The molecule has 0 amide bonds. The number of ether oxygens (including phenoxy) is 1. The van der Waals surface area contributed by atoms with E-state index in [1.807, 2.05) is 59.6 Å². The molecule has 2 aromatic rings. The van der Waals surface area contributed by atoms with Crippen LogP contribution in [0.25, 0.3) is 0 Å². The smallest absolute Gasteiger partial charge is 0.235 e. The van der Waals surface area contributed by atoms with E-state index in [1.165, 1.54) is 10.6 Å². The molecule has 34 heavy (non-hydrogen) atoms. The first-order chi connectivity index (χ1) is 16.5. The molecule has 5 rings (SSSR count). The third-order valence-electron chi connectivity index (χ3n) is 6.20. The normalized spacial score (nSPS) is 24.9. The number of piperidine rings is 1. The van der Waals surface area contributed by atoms with Gasteiger partial charge in [0.1, 0.15) is 29.8 Å². The Morgan fingerprint density at radius 3 is 2.56 bits per heavy atom. The van der Waals surface area contributed by atoms with Crippen molar-refractivity contribution in [3.05, 3.63) is 72.1 Å². The standard InChI is InChI=1S/C24H26N6O3S/c1-2-34(31,32)29-14-6-7-18(15-29)30-24-21(23(25)26-16-27-24)22(28-30)17-10-12-20(13-11-17)33-19-8-4-3-5-9-19/h2-5,8-13,16,18,21,23H,1,6-7,14-15,25H2. The molecule has 1 fully saturated rings. The molecule has 9 nitrogen and oxygen atoms in total. The lowest BCUT2D eigenvalue weighted by Gasteiger charge is -2.36. The Morgan fingerprint density at radius 2 is 1.82 bits per heavy atom. The van der Waals surface area contributed by atoms with Crippen molar-refractivity contribution in [2.75, 3.05) is 13.1 Å². The summed E-state index contributed by atoms with van der Waals surface area (Å²) in [7, 11) is -3.50. The summed E-state index contributed by atoms with van der Waals surface area (Å²) < 4.78 is 32.1. The van der Waals surface area contributed by atoms with Crippen LogP contribution in [0.3, 0.4) is 0 Å². The SMILES string of the molecule is C=CS(=O)(=O)N1CCCC(N2N=C(c3ccc(Oc4ccccc4)cc3)C3C2=NC=NC3N)C1. The predicted molar refractivity (Wildman–Crippen MR) is 132 cm³/mol. The molecule has 3 atom stereocenters. The first kappa shape index (κ1) is 22.5. The molecule has 2 aromatic carbocycles. The molecular weight excluding hydrogens is 452 g/mol. The molecule has 3 unspecified atom stereocenters. The van der Waals surface area contributed by atoms with Crippen LogP contribution < -0.4 is 10.5 Å². The average molecular weight is 479 g/mol. The van der Waals surface area contributed by atoms with Crippen molar-refractivity contribution in [3.63, 3.8) is 0 Å². The van der Waals surface area contributed by atoms with E-state index in [9.17, 15) is 8.42 Å². The lowest BCUT2D eigenvalue weighted by Crippen LogP contribution is -2.51. The summed E-state index contributed by atoms with van der Waals surface area (Å²) in [6.07, 6.45) is 2.46. The molecule has 0 radical (unpaired) electrons. The Hall–Kier alpha value is -3.34. The second kappa shape index (κ2) is 9.13. The summed E-state index contributed by atoms with van der Waals surface area (Å²) >= 11 is 0. The van der Waals surface area contributed by atoms with Gasteiger partial charge in [-0.15, -0.1) is 0 Å². The Bertz CT molecular complexity index is 1260. The highest BCUT2D eigenvalue weighted by atomic mass is 32.2. The number of amidine groups is 1. The molecule has 176 valence electrons. The topological polar surface area (TPSA) is 113 Å². The number of nitrogens with zero attached hydrogens (tertiary/aromatic N) is 5. The minimum absolute atomic E-state index is 0.151. The highest BCUT2D eigenvalue weighted by Crippen LogP contribution is 2.32. The maximum Gasteiger partial charge on any atom is 0.235 e. The molecule has 0 spiro atoms. The van der Waals surface area contributed by atoms with Crippen LogP contribution in [0.5, 0.6) is 11.5 Å². The zero-order valence-corrected chi connectivity index (χ0v) is 19.4. The molecule has 3 aliphatic rings. The summed E-state index contributed by atoms with van der Waals surface area (Å²) in [5, 5.41) is 7.74. The van der Waals surface area contributed by atoms with Gasteiger partial charge in [0.05, 0.1) is 17.7 Å². The lowest BCUT2D eigenvalue weighted by molar-refractivity contribution is 0.208. The van der Waals surface area contributed by atoms with Gasteiger partial charge in [-0.1, -0.05) is 24.8 Å². The van der Waals surface area contributed by atoms with Crippen LogP contribution in [0.2, 0.25) is 0 Å². The van der Waals surface area contributed by atoms with Crippen molar-refractivity contribution < 1.29 is 13.2 Å². The summed E-state index contributed by atoms with van der Waals surface area (Å²) in [5.74, 6) is 1.86. The number of sulfonamides is 1. The van der Waals surface area contributed by atoms with E-state index in [0.717, 1.165) is 35.3 Å². The van der Waals surface area contributed by atoms with E-state index in [1.54, 1.807) is 0 Å². The fourth-order valence-corrected chi connectivity index (χ4v) is 5.46. The third-order valence-corrected chi connectivity index (χ3v) is 7.67. The Balaban J connectivity index is 1.42. The molecule has 1 saturated heterocycles. The maximum absolute atomic E-state index is 12.4. The van der Waals surface area contributed by atoms with Crippen molar-refractivity contribution in [2.24, 2.45) is 26.7 Å². The number of hydrogen-bond donors (Lipinski definition) is 1. The fourth-order valence-electron chi connectivity index (χ4n) is 4.49. The summed E-state index contributed by atoms with van der Waals surface area (Å²) in [6.45, 7) is 4.23. The van der Waals surface area contributed by atoms with E-state index in [0.29, 0.717) is 24.7 Å². The number of para-hydroxylation sites is 1. The second-order valence-corrected chi connectivity index (χ2v) is 10.2. The zero-order chi connectivity index (χ0) is 23.7. The molecule has 0 saturated carbocycles. The zero-order valence-electron chi connectivity index (χ0n) is 18.6. The van der Waals surface area contributed by atoms with Gasteiger partial charge in [0, 0.05) is 18.5 Å². The number of hydrazone groups is 1. The molecule has 3 heterocycles. The number of nitrogens with two attached hydrogens (primary N) is 1. The van der Waals surface area contributed by atoms with Crippen molar-refractivity contribution in [1.82, 2.24) is 9.31 Å². The highest BCUT2D eigenvalue weighted by Gasteiger charge is 2.44. The van der Waals surface area contributed by atoms with Gasteiger partial charge in [0.25, 0.3) is 0 Å². The quantitative estimate of drug-likeness (QED) is 0.686. The van der Waals surface area contributed by atoms with E-state index < -0.39 is 16.2 Å². The summed E-state index contributed by atoms with van der Waals surface area (Å²) in [4.78, 5) is 8.78. The first-order valence-electron chi connectivity index (χ1n) is 11.1. The average Bonchev–Trinajstić information content (AvgIpc) is 3.26. The van der Waals surface area contributed by atoms with Gasteiger partial charge >= 0.3 is 0 Å². The van der Waals surface area contributed by atoms with Gasteiger partial charge in [-0.3, -0.25) is 4.99 Å². The van der Waals surface area contributed by atoms with Crippen LogP contribution in [0.4, 0.5) is 0 Å². The van der Waals surface area contributed by atoms with Crippen molar-refractivity contribution in [3.8, 4) is 11.5 Å². The molecule has 0 bridgehead atoms. The first-order valence-corrected chi connectivity index (χ1v) is 12.6. The Labute approximate surface area is 199 Å². The second-order valence-electron chi connectivity index (χ2n) is 8.36. The van der Waals surface area contributed by atoms with Gasteiger partial charge in [0.15, 0.2) is 0 Å². The molecule has 0 aromatic heterocycles. The molecule has 2 N–H and O–H groups in total. The number of rotatable bonds is 6. The van der Waals surface area contributed by atoms with Gasteiger partial charge < -0.3 is 10.5 Å². The van der Waals surface area contributed by atoms with Crippen LogP contribution in [0.15, 0.2) is 81.7 Å². The molecule has 0 aliphatic carbocycles. The number of benzene rings is 2. The van der Waals surface area contributed by atoms with Crippen molar-refractivity contribution in [1.29, 1.82) is 0 Å². The summed E-state index contributed by atoms with van der Waals surface area (Å²) in [5.41, 5.74) is 8.01. The van der Waals surface area contributed by atoms with E-state index in [2.05, 4.69) is 16.6 Å². The van der Waals surface area contributed by atoms with E-state index in [4.69, 9.17) is 15.6 Å². The summed E-state index contributed by atoms with van der Waals surface area (Å²) in [6, 6.07) is 17.1. The van der Waals surface area contributed by atoms with Gasteiger partial charge in [0.2, 0.25) is 10.0 Å². The van der Waals surface area contributed by atoms with Gasteiger partial charge in [-0.2, -0.15) is 9.41 Å². The maximum atomic E-state index is 12.4. The fraction of sp³-hybridized carbons (Fsp3) is 0.292. The highest BCUT2D eigenvalue weighted by molar-refractivity contribution is 7.92. The van der Waals surface area contributed by atoms with Gasteiger partial charge in [-0.05, 0) is 54.8 Å². The number of aliphatic imine (C=N–C) groups is 2. The minimum atomic E-state index is -3.50. The number of hydrogen-bond acceptors (Lipinski definition) is 8. The van der Waals surface area contributed by atoms with E-state index in [-0.39, 0.29) is 12.0 Å². The minimum Gasteiger partial charge on any atom is -0.457 e. The van der Waals surface area contributed by atoms with Crippen LogP contribution >= 0.6 is 0 Å². The largest absolute Gasteiger partial charge is 0.457 e. The van der Waals surface area contributed by atoms with Crippen molar-refractivity contribution >= 4 is 27.9 Å².